The van der Waals surface area contributed by atoms with E-state index in [1.54, 1.807) is 0 Å². The van der Waals surface area contributed by atoms with E-state index in [0.29, 0.717) is 0 Å². The molecule has 1 aliphatic rings. The van der Waals surface area contributed by atoms with Crippen LogP contribution in [0.5, 0.6) is 0 Å². The highest BCUT2D eigenvalue weighted by Crippen LogP contribution is 2.14. The molecule has 1 fully saturated rings. The van der Waals surface area contributed by atoms with Gasteiger partial charge in [0, 0.05) is 18.8 Å². The SMILES string of the molecule is CCN1CCC(CNC(=S)Nc2ccccc2)C1. The monoisotopic (exact) mass is 263 g/mol. The molecule has 4 heteroatoms. The summed E-state index contributed by atoms with van der Waals surface area (Å²) in [4.78, 5) is 2.49. The van der Waals surface area contributed by atoms with Crippen molar-refractivity contribution in [1.29, 1.82) is 0 Å². The predicted octanol–water partition coefficient (Wildman–Crippen LogP) is 2.31. The quantitative estimate of drug-likeness (QED) is 0.815. The molecule has 0 bridgehead atoms. The van der Waals surface area contributed by atoms with Crippen molar-refractivity contribution in [2.45, 2.75) is 13.3 Å². The van der Waals surface area contributed by atoms with Crippen molar-refractivity contribution in [3.63, 3.8) is 0 Å². The second kappa shape index (κ2) is 6.71. The molecule has 1 heterocycles. The molecular formula is C14H21N3S. The molecule has 1 aliphatic heterocycles. The zero-order chi connectivity index (χ0) is 12.8. The van der Waals surface area contributed by atoms with E-state index in [9.17, 15) is 0 Å². The predicted molar refractivity (Wildman–Crippen MR) is 80.9 cm³/mol. The molecule has 1 saturated heterocycles. The van der Waals surface area contributed by atoms with Gasteiger partial charge in [-0.05, 0) is 49.8 Å². The zero-order valence-electron chi connectivity index (χ0n) is 10.9. The summed E-state index contributed by atoms with van der Waals surface area (Å²) in [5, 5.41) is 7.23. The summed E-state index contributed by atoms with van der Waals surface area (Å²) in [6.07, 6.45) is 1.27. The maximum Gasteiger partial charge on any atom is 0.170 e. The summed E-state index contributed by atoms with van der Waals surface area (Å²) in [5.74, 6) is 0.723. The highest BCUT2D eigenvalue weighted by molar-refractivity contribution is 7.80. The highest BCUT2D eigenvalue weighted by Gasteiger charge is 2.20. The minimum Gasteiger partial charge on any atom is -0.362 e. The Kier molecular flexibility index (Phi) is 4.96. The van der Waals surface area contributed by atoms with Crippen LogP contribution in [0.3, 0.4) is 0 Å². The van der Waals surface area contributed by atoms with Crippen LogP contribution in [0.15, 0.2) is 30.3 Å². The average molecular weight is 263 g/mol. The zero-order valence-corrected chi connectivity index (χ0v) is 11.7. The topological polar surface area (TPSA) is 27.3 Å². The first-order valence-corrected chi connectivity index (χ1v) is 7.01. The van der Waals surface area contributed by atoms with E-state index in [1.807, 2.05) is 30.3 Å². The summed E-state index contributed by atoms with van der Waals surface area (Å²) >= 11 is 5.29. The Morgan fingerprint density at radius 3 is 2.83 bits per heavy atom. The Morgan fingerprint density at radius 1 is 1.39 bits per heavy atom. The standard InChI is InChI=1S/C14H21N3S/c1-2-17-9-8-12(11-17)10-15-14(18)16-13-6-4-3-5-7-13/h3-7,12H,2,8-11H2,1H3,(H2,15,16,18). The van der Waals surface area contributed by atoms with Crippen molar-refractivity contribution in [3.05, 3.63) is 30.3 Å². The summed E-state index contributed by atoms with van der Waals surface area (Å²) < 4.78 is 0. The van der Waals surface area contributed by atoms with E-state index >= 15 is 0 Å². The molecule has 2 rings (SSSR count). The van der Waals surface area contributed by atoms with E-state index in [0.717, 1.165) is 29.8 Å². The van der Waals surface area contributed by atoms with Crippen molar-refractivity contribution < 1.29 is 0 Å². The molecule has 0 saturated carbocycles. The van der Waals surface area contributed by atoms with Crippen molar-refractivity contribution in [3.8, 4) is 0 Å². The van der Waals surface area contributed by atoms with Crippen LogP contribution in [0, 0.1) is 5.92 Å². The van der Waals surface area contributed by atoms with Gasteiger partial charge in [0.15, 0.2) is 5.11 Å². The molecule has 0 amide bonds. The Hall–Kier alpha value is -1.13. The summed E-state index contributed by atoms with van der Waals surface area (Å²) in [6.45, 7) is 6.76. The number of anilines is 1. The lowest BCUT2D eigenvalue weighted by atomic mass is 10.1. The first-order valence-electron chi connectivity index (χ1n) is 6.60. The fourth-order valence-electron chi connectivity index (χ4n) is 2.30. The number of rotatable bonds is 4. The van der Waals surface area contributed by atoms with E-state index in [1.165, 1.54) is 19.5 Å². The molecule has 0 spiro atoms. The van der Waals surface area contributed by atoms with Crippen LogP contribution in [0.1, 0.15) is 13.3 Å². The summed E-state index contributed by atoms with van der Waals surface area (Å²) in [7, 11) is 0. The molecule has 0 aromatic heterocycles. The van der Waals surface area contributed by atoms with Crippen molar-refractivity contribution >= 4 is 23.0 Å². The summed E-state index contributed by atoms with van der Waals surface area (Å²) in [5.41, 5.74) is 1.04. The summed E-state index contributed by atoms with van der Waals surface area (Å²) in [6, 6.07) is 10.0. The number of nitrogens with zero attached hydrogens (tertiary/aromatic N) is 1. The molecular weight excluding hydrogens is 242 g/mol. The molecule has 1 atom stereocenters. The third-order valence-corrected chi connectivity index (χ3v) is 3.65. The first kappa shape index (κ1) is 13.3. The Labute approximate surface area is 115 Å². The van der Waals surface area contributed by atoms with Crippen molar-refractivity contribution in [2.75, 3.05) is 31.5 Å². The molecule has 98 valence electrons. The van der Waals surface area contributed by atoms with E-state index in [4.69, 9.17) is 12.2 Å². The molecule has 1 aromatic carbocycles. The molecule has 3 nitrogen and oxygen atoms in total. The van der Waals surface area contributed by atoms with Gasteiger partial charge in [0.2, 0.25) is 0 Å². The van der Waals surface area contributed by atoms with Crippen molar-refractivity contribution in [2.24, 2.45) is 5.92 Å². The molecule has 2 N–H and O–H groups in total. The lowest BCUT2D eigenvalue weighted by Crippen LogP contribution is -2.33. The van der Waals surface area contributed by atoms with Crippen LogP contribution in [0.2, 0.25) is 0 Å². The maximum atomic E-state index is 5.29. The number of benzene rings is 1. The maximum absolute atomic E-state index is 5.29. The van der Waals surface area contributed by atoms with Crippen LogP contribution >= 0.6 is 12.2 Å². The number of nitrogens with one attached hydrogen (secondary N) is 2. The fraction of sp³-hybridized carbons (Fsp3) is 0.500. The number of likely N-dealkylation sites (tertiary alicyclic amines) is 1. The molecule has 0 aliphatic carbocycles. The molecule has 1 aromatic rings. The van der Waals surface area contributed by atoms with E-state index in [2.05, 4.69) is 22.5 Å². The van der Waals surface area contributed by atoms with Gasteiger partial charge in [-0.1, -0.05) is 25.1 Å². The van der Waals surface area contributed by atoms with Crippen molar-refractivity contribution in [1.82, 2.24) is 10.2 Å². The largest absolute Gasteiger partial charge is 0.362 e. The Morgan fingerprint density at radius 2 is 2.17 bits per heavy atom. The lowest BCUT2D eigenvalue weighted by molar-refractivity contribution is 0.342. The fourth-order valence-corrected chi connectivity index (χ4v) is 2.50. The highest BCUT2D eigenvalue weighted by atomic mass is 32.1. The minimum atomic E-state index is 0.719. The van der Waals surface area contributed by atoms with E-state index < -0.39 is 0 Å². The number of hydrogen-bond donors (Lipinski definition) is 2. The van der Waals surface area contributed by atoms with Gasteiger partial charge in [0.25, 0.3) is 0 Å². The van der Waals surface area contributed by atoms with Gasteiger partial charge in [0.05, 0.1) is 0 Å². The second-order valence-electron chi connectivity index (χ2n) is 4.75. The van der Waals surface area contributed by atoms with Gasteiger partial charge in [-0.15, -0.1) is 0 Å². The number of para-hydroxylation sites is 1. The Balaban J connectivity index is 1.69. The third kappa shape index (κ3) is 3.96. The first-order chi connectivity index (χ1) is 8.78. The van der Waals surface area contributed by atoms with Gasteiger partial charge in [0.1, 0.15) is 0 Å². The van der Waals surface area contributed by atoms with Gasteiger partial charge >= 0.3 is 0 Å². The van der Waals surface area contributed by atoms with Gasteiger partial charge in [-0.3, -0.25) is 0 Å². The second-order valence-corrected chi connectivity index (χ2v) is 5.16. The third-order valence-electron chi connectivity index (χ3n) is 3.40. The van der Waals surface area contributed by atoms with Crippen LogP contribution in [0.25, 0.3) is 0 Å². The molecule has 0 radical (unpaired) electrons. The average Bonchev–Trinajstić information content (AvgIpc) is 2.85. The van der Waals surface area contributed by atoms with E-state index in [-0.39, 0.29) is 0 Å². The smallest absolute Gasteiger partial charge is 0.170 e. The number of thiocarbonyl (C=S) groups is 1. The van der Waals surface area contributed by atoms with Gasteiger partial charge < -0.3 is 15.5 Å². The molecule has 1 unspecified atom stereocenters. The lowest BCUT2D eigenvalue weighted by Gasteiger charge is -2.15. The van der Waals surface area contributed by atoms with Gasteiger partial charge in [-0.25, -0.2) is 0 Å². The van der Waals surface area contributed by atoms with Crippen LogP contribution in [0.4, 0.5) is 5.69 Å². The molecule has 18 heavy (non-hydrogen) atoms. The van der Waals surface area contributed by atoms with Gasteiger partial charge in [-0.2, -0.15) is 0 Å². The normalized spacial score (nSPS) is 19.7. The minimum absolute atomic E-state index is 0.719. The number of hydrogen-bond acceptors (Lipinski definition) is 2. The van der Waals surface area contributed by atoms with Crippen LogP contribution in [-0.4, -0.2) is 36.2 Å². The Bertz CT molecular complexity index is 380. The van der Waals surface area contributed by atoms with Crippen LogP contribution in [-0.2, 0) is 0 Å². The van der Waals surface area contributed by atoms with Crippen LogP contribution < -0.4 is 10.6 Å².